The van der Waals surface area contributed by atoms with Crippen LogP contribution in [0, 0.1) is 11.8 Å². The van der Waals surface area contributed by atoms with Crippen LogP contribution in [0.3, 0.4) is 0 Å². The van der Waals surface area contributed by atoms with Crippen molar-refractivity contribution in [2.24, 2.45) is 11.8 Å². The van der Waals surface area contributed by atoms with Gasteiger partial charge in [-0.25, -0.2) is 4.39 Å². The van der Waals surface area contributed by atoms with Crippen molar-refractivity contribution in [1.29, 1.82) is 0 Å². The van der Waals surface area contributed by atoms with Gasteiger partial charge in [-0.3, -0.25) is 19.7 Å². The zero-order chi connectivity index (χ0) is 25.3. The number of halogens is 1. The first kappa shape index (κ1) is 25.9. The fraction of sp³-hybridized carbons (Fsp3) is 0.500. The number of nitrogens with zero attached hydrogens (tertiary/aromatic N) is 4. The lowest BCUT2D eigenvalue weighted by molar-refractivity contribution is -0.137. The van der Waals surface area contributed by atoms with Crippen LogP contribution in [0.1, 0.15) is 56.0 Å². The number of carboxylic acids is 1. The van der Waals surface area contributed by atoms with Gasteiger partial charge in [0.2, 0.25) is 0 Å². The van der Waals surface area contributed by atoms with Crippen molar-refractivity contribution >= 4 is 16.9 Å². The fourth-order valence-corrected chi connectivity index (χ4v) is 5.38. The van der Waals surface area contributed by atoms with Gasteiger partial charge in [0.05, 0.1) is 18.3 Å². The highest BCUT2D eigenvalue weighted by atomic mass is 19.1. The lowest BCUT2D eigenvalue weighted by atomic mass is 9.79. The Morgan fingerprint density at radius 2 is 2.08 bits per heavy atom. The van der Waals surface area contributed by atoms with Gasteiger partial charge in [-0.1, -0.05) is 0 Å². The van der Waals surface area contributed by atoms with Gasteiger partial charge in [-0.2, -0.15) is 0 Å². The van der Waals surface area contributed by atoms with E-state index in [0.717, 1.165) is 61.9 Å². The molecular weight excluding hydrogens is 459 g/mol. The fourth-order valence-electron chi connectivity index (χ4n) is 5.38. The Hall–Kier alpha value is -3.13. The number of fused-ring (bicyclic) bond motifs is 1. The summed E-state index contributed by atoms with van der Waals surface area (Å²) in [5.41, 5.74) is 2.39. The van der Waals surface area contributed by atoms with Gasteiger partial charge in [-0.15, -0.1) is 0 Å². The van der Waals surface area contributed by atoms with E-state index in [2.05, 4.69) is 19.9 Å². The summed E-state index contributed by atoms with van der Waals surface area (Å²) in [4.78, 5) is 26.5. The number of pyridine rings is 1. The number of hydrogen-bond acceptors (Lipinski definition) is 6. The summed E-state index contributed by atoms with van der Waals surface area (Å²) in [6, 6.07) is 7.29. The second kappa shape index (κ2) is 12.7. The molecule has 4 rings (SSSR count). The molecule has 1 saturated heterocycles. The smallest absolute Gasteiger partial charge is 0.303 e. The molecule has 0 spiro atoms. The van der Waals surface area contributed by atoms with Gasteiger partial charge in [0.25, 0.3) is 0 Å². The standard InChI is InChI=1S/C28H35FN4O3/c1-36-23-6-8-27-25(17-23)24(10-12-32-27)26(29)7-4-20-11-16-33(19-21(20)5-9-28(34)35)15-2-3-22-18-30-13-14-31-22/h6,8,10,12-14,17-18,20-21,26H,2-5,7,9,11,15-16,19H2,1H3,(H,34,35)/t20-,21-,26-/m1/s1. The monoisotopic (exact) mass is 494 g/mol. The van der Waals surface area contributed by atoms with E-state index < -0.39 is 12.1 Å². The summed E-state index contributed by atoms with van der Waals surface area (Å²) in [6.07, 6.45) is 10.5. The van der Waals surface area contributed by atoms with Gasteiger partial charge in [0, 0.05) is 43.1 Å². The number of carbonyl (C=O) groups is 1. The Balaban J connectivity index is 1.35. The summed E-state index contributed by atoms with van der Waals surface area (Å²) in [7, 11) is 1.60. The molecule has 1 N–H and O–H groups in total. The highest BCUT2D eigenvalue weighted by Gasteiger charge is 2.30. The normalized spacial score (nSPS) is 19.3. The molecular formula is C28H35FN4O3. The molecule has 1 aromatic carbocycles. The maximum Gasteiger partial charge on any atom is 0.303 e. The number of rotatable bonds is 12. The number of piperidine rings is 1. The van der Waals surface area contributed by atoms with Crippen LogP contribution in [0.4, 0.5) is 4.39 Å². The van der Waals surface area contributed by atoms with Crippen LogP contribution in [0.25, 0.3) is 10.9 Å². The van der Waals surface area contributed by atoms with Gasteiger partial charge in [0.1, 0.15) is 11.9 Å². The molecule has 0 aliphatic carbocycles. The van der Waals surface area contributed by atoms with Gasteiger partial charge < -0.3 is 14.7 Å². The molecule has 0 radical (unpaired) electrons. The molecule has 0 bridgehead atoms. The number of carboxylic acid groups (broad SMARTS) is 1. The molecule has 3 aromatic rings. The van der Waals surface area contributed by atoms with E-state index in [9.17, 15) is 9.90 Å². The lowest BCUT2D eigenvalue weighted by Crippen LogP contribution is -2.41. The SMILES string of the molecule is COc1ccc2nccc([C@H](F)CC[C@@H]3CCN(CCCc4cnccn4)C[C@H]3CCC(=O)O)c2c1. The number of ether oxygens (including phenoxy) is 1. The van der Waals surface area contributed by atoms with Crippen molar-refractivity contribution in [3.8, 4) is 5.75 Å². The molecule has 1 aliphatic rings. The Bertz CT molecular complexity index is 1130. The molecule has 192 valence electrons. The first-order chi connectivity index (χ1) is 17.5. The van der Waals surface area contributed by atoms with Crippen molar-refractivity contribution in [1.82, 2.24) is 19.9 Å². The third kappa shape index (κ3) is 6.97. The van der Waals surface area contributed by atoms with Crippen molar-refractivity contribution < 1.29 is 19.0 Å². The number of methoxy groups -OCH3 is 1. The summed E-state index contributed by atoms with van der Waals surface area (Å²) < 4.78 is 20.8. The highest BCUT2D eigenvalue weighted by molar-refractivity contribution is 5.83. The predicted octanol–water partition coefficient (Wildman–Crippen LogP) is 5.26. The summed E-state index contributed by atoms with van der Waals surface area (Å²) in [6.45, 7) is 2.77. The van der Waals surface area contributed by atoms with Crippen LogP contribution in [-0.2, 0) is 11.2 Å². The minimum atomic E-state index is -1.10. The maximum atomic E-state index is 15.5. The third-order valence-electron chi connectivity index (χ3n) is 7.34. The molecule has 36 heavy (non-hydrogen) atoms. The predicted molar refractivity (Wildman–Crippen MR) is 137 cm³/mol. The van der Waals surface area contributed by atoms with Gasteiger partial charge in [-0.05, 0) is 93.3 Å². The zero-order valence-corrected chi connectivity index (χ0v) is 20.9. The number of aromatic nitrogens is 3. The average Bonchev–Trinajstić information content (AvgIpc) is 2.91. The van der Waals surface area contributed by atoms with E-state index in [-0.39, 0.29) is 12.3 Å². The quantitative estimate of drug-likeness (QED) is 0.367. The number of hydrogen-bond donors (Lipinski definition) is 1. The Labute approximate surface area is 211 Å². The number of likely N-dealkylation sites (tertiary alicyclic amines) is 1. The molecule has 1 aliphatic heterocycles. The molecule has 0 saturated carbocycles. The summed E-state index contributed by atoms with van der Waals surface area (Å²) >= 11 is 0. The van der Waals surface area contributed by atoms with Crippen LogP contribution in [0.5, 0.6) is 5.75 Å². The third-order valence-corrected chi connectivity index (χ3v) is 7.34. The van der Waals surface area contributed by atoms with E-state index in [1.54, 1.807) is 38.0 Å². The topological polar surface area (TPSA) is 88.4 Å². The molecule has 0 unspecified atom stereocenters. The van der Waals surface area contributed by atoms with Crippen molar-refractivity contribution in [2.45, 2.75) is 51.1 Å². The number of aliphatic carboxylic acids is 1. The maximum absolute atomic E-state index is 15.5. The van der Waals surface area contributed by atoms with Gasteiger partial charge in [0.15, 0.2) is 0 Å². The lowest BCUT2D eigenvalue weighted by Gasteiger charge is -2.39. The minimum absolute atomic E-state index is 0.155. The first-order valence-electron chi connectivity index (χ1n) is 12.8. The Kier molecular flexibility index (Phi) is 9.17. The minimum Gasteiger partial charge on any atom is -0.497 e. The number of benzene rings is 1. The van der Waals surface area contributed by atoms with Crippen molar-refractivity contribution in [3.63, 3.8) is 0 Å². The van der Waals surface area contributed by atoms with Crippen LogP contribution in [0.15, 0.2) is 49.1 Å². The molecule has 3 atom stereocenters. The number of alkyl halides is 1. The van der Waals surface area contributed by atoms with E-state index in [0.29, 0.717) is 30.1 Å². The average molecular weight is 495 g/mol. The molecule has 7 nitrogen and oxygen atoms in total. The molecule has 3 heterocycles. The Morgan fingerprint density at radius 1 is 1.19 bits per heavy atom. The van der Waals surface area contributed by atoms with Crippen molar-refractivity contribution in [2.75, 3.05) is 26.7 Å². The van der Waals surface area contributed by atoms with Crippen LogP contribution in [0.2, 0.25) is 0 Å². The summed E-state index contributed by atoms with van der Waals surface area (Å²) in [5.74, 6) is 0.493. The van der Waals surface area contributed by atoms with E-state index in [1.807, 2.05) is 18.2 Å². The second-order valence-electron chi connectivity index (χ2n) is 9.67. The number of aryl methyl sites for hydroxylation is 1. The highest BCUT2D eigenvalue weighted by Crippen LogP contribution is 2.36. The van der Waals surface area contributed by atoms with E-state index in [4.69, 9.17) is 4.74 Å². The van der Waals surface area contributed by atoms with E-state index in [1.165, 1.54) is 0 Å². The van der Waals surface area contributed by atoms with Crippen LogP contribution < -0.4 is 4.74 Å². The molecule has 8 heteroatoms. The largest absolute Gasteiger partial charge is 0.497 e. The molecule has 2 aromatic heterocycles. The van der Waals surface area contributed by atoms with Crippen molar-refractivity contribution in [3.05, 3.63) is 60.3 Å². The molecule has 0 amide bonds. The zero-order valence-electron chi connectivity index (χ0n) is 20.9. The van der Waals surface area contributed by atoms with Crippen LogP contribution >= 0.6 is 0 Å². The first-order valence-corrected chi connectivity index (χ1v) is 12.8. The van der Waals surface area contributed by atoms with E-state index >= 15 is 4.39 Å². The summed E-state index contributed by atoms with van der Waals surface area (Å²) in [5, 5.41) is 10.1. The Morgan fingerprint density at radius 3 is 2.86 bits per heavy atom. The second-order valence-corrected chi connectivity index (χ2v) is 9.67. The van der Waals surface area contributed by atoms with Crippen LogP contribution in [-0.4, -0.2) is 57.7 Å². The van der Waals surface area contributed by atoms with Gasteiger partial charge >= 0.3 is 5.97 Å². The molecule has 1 fully saturated rings.